The van der Waals surface area contributed by atoms with Crippen molar-refractivity contribution in [1.29, 1.82) is 0 Å². The van der Waals surface area contributed by atoms with Gasteiger partial charge in [-0.1, -0.05) is 6.92 Å². The Morgan fingerprint density at radius 1 is 1.74 bits per heavy atom. The minimum atomic E-state index is -0.700. The molecule has 0 aromatic carbocycles. The van der Waals surface area contributed by atoms with Gasteiger partial charge in [-0.2, -0.15) is 0 Å². The van der Waals surface area contributed by atoms with Gasteiger partial charge in [0.25, 0.3) is 14.0 Å². The zero-order valence-electron chi connectivity index (χ0n) is 11.6. The molecule has 1 aliphatic rings. The third-order valence-corrected chi connectivity index (χ3v) is 3.09. The molecule has 1 fully saturated rings. The minimum Gasteiger partial charge on any atom is -0.440 e. The lowest BCUT2D eigenvalue weighted by atomic mass is 10.1. The molecule has 1 amide bonds. The van der Waals surface area contributed by atoms with Crippen LogP contribution in [0.5, 0.6) is 0 Å². The summed E-state index contributed by atoms with van der Waals surface area (Å²) in [6, 6.07) is 0. The molecule has 2 rings (SSSR count). The smallest absolute Gasteiger partial charge is 0.288 e. The van der Waals surface area contributed by atoms with Gasteiger partial charge in [0.15, 0.2) is 7.64 Å². The van der Waals surface area contributed by atoms with Crippen LogP contribution in [0.15, 0.2) is 6.33 Å². The minimum absolute atomic E-state index is 0.122. The van der Waals surface area contributed by atoms with Crippen LogP contribution in [0.4, 0.5) is 0 Å². The average Bonchev–Trinajstić information content (AvgIpc) is 3.09. The summed E-state index contributed by atoms with van der Waals surface area (Å²) in [5.41, 5.74) is 1.71. The first-order chi connectivity index (χ1) is 9.65. The molecule has 1 unspecified atom stereocenters. The molecule has 2 heterocycles. The molecule has 2 radical (unpaired) electrons. The van der Waals surface area contributed by atoms with Crippen molar-refractivity contribution in [3.05, 3.63) is 12.2 Å². The first-order valence-electron chi connectivity index (χ1n) is 6.33. The van der Waals surface area contributed by atoms with Gasteiger partial charge in [0, 0.05) is 7.11 Å². The molecule has 2 N–H and O–H groups in total. The zero-order valence-corrected chi connectivity index (χ0v) is 10.6. The van der Waals surface area contributed by atoms with E-state index >= 15 is 0 Å². The quantitative estimate of drug-likeness (QED) is 0.698. The van der Waals surface area contributed by atoms with Crippen molar-refractivity contribution in [3.8, 4) is 0 Å². The van der Waals surface area contributed by atoms with Crippen molar-refractivity contribution >= 4 is 14.0 Å². The molecule has 0 aliphatic carbocycles. The van der Waals surface area contributed by atoms with E-state index in [0.717, 1.165) is 0 Å². The van der Waals surface area contributed by atoms with Crippen molar-refractivity contribution in [3.63, 3.8) is 0 Å². The second kappa shape index (κ2) is 5.68. The summed E-state index contributed by atoms with van der Waals surface area (Å²) < 4.78 is 24.2. The predicted molar refractivity (Wildman–Crippen MR) is 64.2 cm³/mol. The lowest BCUT2D eigenvalue weighted by Crippen LogP contribution is -2.35. The fourth-order valence-electron chi connectivity index (χ4n) is 2.17. The largest absolute Gasteiger partial charge is 0.440 e. The average molecular weight is 267 g/mol. The van der Waals surface area contributed by atoms with Crippen LogP contribution in [0.3, 0.4) is 0 Å². The summed E-state index contributed by atoms with van der Waals surface area (Å²) >= 11 is 0. The molecule has 1 saturated heterocycles. The van der Waals surface area contributed by atoms with Crippen LogP contribution in [0.1, 0.15) is 30.2 Å². The third kappa shape index (κ3) is 2.49. The number of nitrogens with two attached hydrogens (primary N) is 1. The van der Waals surface area contributed by atoms with E-state index in [4.69, 9.17) is 23.6 Å². The maximum absolute atomic E-state index is 11.3. The van der Waals surface area contributed by atoms with Crippen molar-refractivity contribution in [2.24, 2.45) is 5.73 Å². The number of carbonyl (C=O) groups excluding carboxylic acids is 1. The molecule has 8 nitrogen and oxygen atoms in total. The van der Waals surface area contributed by atoms with Gasteiger partial charge in [0.1, 0.15) is 12.4 Å². The number of carbonyl (C=O) groups is 1. The van der Waals surface area contributed by atoms with Gasteiger partial charge in [-0.25, -0.2) is 9.67 Å². The molecule has 102 valence electrons. The standard InChI is InChI=1S/C10H15BN4O4/c1-3-5-6(19-11)7(17-2)10(18-5)15-4-13-9(14-15)8(12)16/h4-7,10H,3H2,1-2H3,(H2,12,16)/t5-,6+,7?,10-/m1/s1/i/hD. The molecule has 1 aromatic rings. The van der Waals surface area contributed by atoms with Gasteiger partial charge < -0.3 is 19.9 Å². The van der Waals surface area contributed by atoms with Crippen LogP contribution in [0.25, 0.3) is 0 Å². The SMILES string of the molecule is [2H]NC(=O)c1ncn([C@@H]2O[C@H](CC)[C@H](O[B])C2OC)n1. The molecule has 9 heteroatoms. The molecule has 19 heavy (non-hydrogen) atoms. The highest BCUT2D eigenvalue weighted by atomic mass is 16.6. The summed E-state index contributed by atoms with van der Waals surface area (Å²) in [7, 11) is 6.80. The van der Waals surface area contributed by atoms with Crippen molar-refractivity contribution < 1.29 is 20.3 Å². The maximum atomic E-state index is 11.3. The number of aromatic nitrogens is 3. The molecule has 0 bridgehead atoms. The van der Waals surface area contributed by atoms with Crippen LogP contribution in [0.2, 0.25) is 1.41 Å². The Morgan fingerprint density at radius 2 is 2.53 bits per heavy atom. The van der Waals surface area contributed by atoms with E-state index in [1.807, 2.05) is 6.92 Å². The number of methoxy groups -OCH3 is 1. The highest BCUT2D eigenvalue weighted by Crippen LogP contribution is 2.33. The van der Waals surface area contributed by atoms with Crippen LogP contribution >= 0.6 is 0 Å². The number of nitrogens with zero attached hydrogens (tertiary/aromatic N) is 3. The zero-order chi connectivity index (χ0) is 14.7. The fraction of sp³-hybridized carbons (Fsp3) is 0.700. The van der Waals surface area contributed by atoms with Gasteiger partial charge in [-0.05, 0) is 6.42 Å². The maximum Gasteiger partial charge on any atom is 0.288 e. The Hall–Kier alpha value is -1.45. The lowest BCUT2D eigenvalue weighted by Gasteiger charge is -2.21. The van der Waals surface area contributed by atoms with E-state index in [0.29, 0.717) is 6.42 Å². The predicted octanol–water partition coefficient (Wildman–Crippen LogP) is -0.832. The van der Waals surface area contributed by atoms with E-state index in [9.17, 15) is 4.79 Å². The van der Waals surface area contributed by atoms with E-state index < -0.39 is 24.3 Å². The van der Waals surface area contributed by atoms with E-state index in [2.05, 4.69) is 10.1 Å². The topological polar surface area (TPSA) is 101 Å². The number of hydrogen-bond acceptors (Lipinski definition) is 6. The molecule has 0 saturated carbocycles. The van der Waals surface area contributed by atoms with Gasteiger partial charge in [-0.15, -0.1) is 5.10 Å². The van der Waals surface area contributed by atoms with Crippen LogP contribution in [0, 0.1) is 0 Å². The number of hydrogen-bond donors (Lipinski definition) is 1. The Labute approximate surface area is 113 Å². The van der Waals surface area contributed by atoms with Gasteiger partial charge in [0.05, 0.1) is 12.2 Å². The second-order valence-corrected chi connectivity index (χ2v) is 4.15. The Bertz CT molecular complexity index is 474. The summed E-state index contributed by atoms with van der Waals surface area (Å²) in [6.07, 6.45) is 0.275. The van der Waals surface area contributed by atoms with Crippen LogP contribution in [-0.4, -0.2) is 54.1 Å². The molecule has 0 spiro atoms. The highest BCUT2D eigenvalue weighted by molar-refractivity contribution is 5.98. The Morgan fingerprint density at radius 3 is 3.11 bits per heavy atom. The number of rotatable bonds is 5. The highest BCUT2D eigenvalue weighted by Gasteiger charge is 2.45. The van der Waals surface area contributed by atoms with Crippen LogP contribution in [-0.2, 0) is 14.1 Å². The Kier molecular flexibility index (Phi) is 3.76. The molecule has 1 aromatic heterocycles. The number of ether oxygens (including phenoxy) is 2. The van der Waals surface area contributed by atoms with Gasteiger partial charge in [-0.3, -0.25) is 4.79 Å². The summed E-state index contributed by atoms with van der Waals surface area (Å²) in [5.74, 6) is -0.821. The van der Waals surface area contributed by atoms with Gasteiger partial charge in [0.2, 0.25) is 5.82 Å². The summed E-state index contributed by atoms with van der Waals surface area (Å²) in [5, 5.41) is 3.97. The van der Waals surface area contributed by atoms with Crippen molar-refractivity contribution in [2.45, 2.75) is 37.9 Å². The molecular formula is C10H15BN4O4. The Balaban J connectivity index is 2.23. The van der Waals surface area contributed by atoms with E-state index in [-0.39, 0.29) is 11.9 Å². The van der Waals surface area contributed by atoms with Crippen molar-refractivity contribution in [1.82, 2.24) is 14.8 Å². The van der Waals surface area contributed by atoms with Crippen molar-refractivity contribution in [2.75, 3.05) is 7.11 Å². The second-order valence-electron chi connectivity index (χ2n) is 4.15. The first kappa shape index (κ1) is 12.6. The summed E-state index contributed by atoms with van der Waals surface area (Å²) in [4.78, 5) is 15.1. The fourth-order valence-corrected chi connectivity index (χ4v) is 2.17. The summed E-state index contributed by atoms with van der Waals surface area (Å²) in [6.45, 7) is 1.94. The number of primary amides is 1. The molecule has 1 aliphatic heterocycles. The van der Waals surface area contributed by atoms with E-state index in [1.54, 1.807) is 5.73 Å². The first-order valence-corrected chi connectivity index (χ1v) is 5.83. The van der Waals surface area contributed by atoms with Gasteiger partial charge >= 0.3 is 0 Å². The monoisotopic (exact) mass is 267 g/mol. The van der Waals surface area contributed by atoms with E-state index in [1.165, 1.54) is 18.1 Å². The third-order valence-electron chi connectivity index (χ3n) is 3.09. The normalized spacial score (nSPS) is 31.2. The lowest BCUT2D eigenvalue weighted by molar-refractivity contribution is -0.0581. The number of amides is 1. The molecule has 4 atom stereocenters. The molecular weight excluding hydrogens is 251 g/mol. The van der Waals surface area contributed by atoms with Crippen LogP contribution < -0.4 is 5.73 Å².